The van der Waals surface area contributed by atoms with E-state index in [1.807, 2.05) is 7.05 Å². The highest BCUT2D eigenvalue weighted by Crippen LogP contribution is 2.37. The Balaban J connectivity index is 2.22. The van der Waals surface area contributed by atoms with Gasteiger partial charge >= 0.3 is 0 Å². The molecule has 0 amide bonds. The molecular weight excluding hydrogens is 313 g/mol. The summed E-state index contributed by atoms with van der Waals surface area (Å²) >= 11 is 5.72. The van der Waals surface area contributed by atoms with Crippen molar-refractivity contribution in [3.05, 3.63) is 34.6 Å². The molecule has 0 bridgehead atoms. The second-order valence-electron chi connectivity index (χ2n) is 5.82. The lowest BCUT2D eigenvalue weighted by Gasteiger charge is -2.34. The van der Waals surface area contributed by atoms with Crippen LogP contribution < -0.4 is 5.32 Å². The van der Waals surface area contributed by atoms with Crippen molar-refractivity contribution in [1.29, 1.82) is 0 Å². The summed E-state index contributed by atoms with van der Waals surface area (Å²) in [6.45, 7) is 0. The van der Waals surface area contributed by atoms with Crippen LogP contribution in [-0.2, 0) is 9.84 Å². The van der Waals surface area contributed by atoms with Gasteiger partial charge in [0.1, 0.15) is 15.7 Å². The number of hydrogen-bond donors (Lipinski definition) is 1. The van der Waals surface area contributed by atoms with Crippen LogP contribution in [0.5, 0.6) is 0 Å². The number of sulfone groups is 1. The molecule has 6 heteroatoms. The van der Waals surface area contributed by atoms with Crippen LogP contribution in [0, 0.1) is 11.7 Å². The summed E-state index contributed by atoms with van der Waals surface area (Å²) in [4.78, 5) is 0. The predicted octanol–water partition coefficient (Wildman–Crippen LogP) is 3.34. The summed E-state index contributed by atoms with van der Waals surface area (Å²) in [7, 11) is -1.20. The third-order valence-corrected chi connectivity index (χ3v) is 6.30. The van der Waals surface area contributed by atoms with Gasteiger partial charge in [-0.3, -0.25) is 0 Å². The van der Waals surface area contributed by atoms with E-state index >= 15 is 0 Å². The Kier molecular flexibility index (Phi) is 5.28. The lowest BCUT2D eigenvalue weighted by Crippen LogP contribution is -2.34. The van der Waals surface area contributed by atoms with Crippen LogP contribution in [0.3, 0.4) is 0 Å². The van der Waals surface area contributed by atoms with Crippen molar-refractivity contribution >= 4 is 21.4 Å². The minimum Gasteiger partial charge on any atom is -0.313 e. The number of halogens is 2. The number of hydrogen-bond acceptors (Lipinski definition) is 3. The first-order chi connectivity index (χ1) is 9.82. The topological polar surface area (TPSA) is 46.2 Å². The van der Waals surface area contributed by atoms with Gasteiger partial charge in [0.2, 0.25) is 0 Å². The van der Waals surface area contributed by atoms with E-state index in [1.165, 1.54) is 12.3 Å². The number of nitrogens with one attached hydrogen (secondary N) is 1. The minimum absolute atomic E-state index is 0.0543. The van der Waals surface area contributed by atoms with Gasteiger partial charge in [-0.25, -0.2) is 12.8 Å². The van der Waals surface area contributed by atoms with Gasteiger partial charge in [0.15, 0.2) is 0 Å². The van der Waals surface area contributed by atoms with E-state index in [9.17, 15) is 12.8 Å². The first-order valence-electron chi connectivity index (χ1n) is 7.14. The molecule has 1 aliphatic carbocycles. The molecule has 0 aliphatic heterocycles. The molecule has 1 N–H and O–H groups in total. The molecular formula is C15H21ClFNO2S. The van der Waals surface area contributed by atoms with Crippen LogP contribution in [-0.4, -0.2) is 27.0 Å². The molecule has 3 atom stereocenters. The van der Waals surface area contributed by atoms with E-state index in [0.29, 0.717) is 6.42 Å². The molecule has 2 rings (SSSR count). The maximum absolute atomic E-state index is 13.7. The maximum Gasteiger partial charge on any atom is 0.150 e. The van der Waals surface area contributed by atoms with Gasteiger partial charge in [-0.15, -0.1) is 0 Å². The number of benzene rings is 1. The van der Waals surface area contributed by atoms with Crippen molar-refractivity contribution in [2.45, 2.75) is 37.0 Å². The first-order valence-corrected chi connectivity index (χ1v) is 9.47. The average molecular weight is 334 g/mol. The highest BCUT2D eigenvalue weighted by atomic mass is 35.5. The van der Waals surface area contributed by atoms with Crippen molar-refractivity contribution in [2.24, 2.45) is 5.92 Å². The molecule has 0 aromatic heterocycles. The molecule has 0 saturated heterocycles. The smallest absolute Gasteiger partial charge is 0.150 e. The zero-order valence-electron chi connectivity index (χ0n) is 12.3. The zero-order chi connectivity index (χ0) is 15.6. The second kappa shape index (κ2) is 6.63. The monoisotopic (exact) mass is 333 g/mol. The Hall–Kier alpha value is -0.650. The molecule has 0 spiro atoms. The molecule has 3 nitrogen and oxygen atoms in total. The molecule has 118 valence electrons. The van der Waals surface area contributed by atoms with E-state index in [0.717, 1.165) is 24.8 Å². The Bertz CT molecular complexity index is 606. The van der Waals surface area contributed by atoms with Gasteiger partial charge in [-0.05, 0) is 49.9 Å². The van der Waals surface area contributed by atoms with Gasteiger partial charge in [-0.2, -0.15) is 0 Å². The largest absolute Gasteiger partial charge is 0.313 e. The summed E-state index contributed by atoms with van der Waals surface area (Å²) in [5.74, 6) is -0.256. The van der Waals surface area contributed by atoms with Gasteiger partial charge in [-0.1, -0.05) is 24.1 Å². The van der Waals surface area contributed by atoms with E-state index in [2.05, 4.69) is 5.32 Å². The van der Waals surface area contributed by atoms with Crippen LogP contribution >= 0.6 is 11.6 Å². The van der Waals surface area contributed by atoms with E-state index in [-0.39, 0.29) is 22.2 Å². The van der Waals surface area contributed by atoms with Crippen LogP contribution in [0.25, 0.3) is 0 Å². The lowest BCUT2D eigenvalue weighted by atomic mass is 9.81. The maximum atomic E-state index is 13.7. The highest BCUT2D eigenvalue weighted by Gasteiger charge is 2.33. The Morgan fingerprint density at radius 1 is 1.38 bits per heavy atom. The van der Waals surface area contributed by atoms with Crippen molar-refractivity contribution < 1.29 is 12.8 Å². The zero-order valence-corrected chi connectivity index (χ0v) is 13.8. The van der Waals surface area contributed by atoms with Gasteiger partial charge in [0.05, 0.1) is 10.3 Å². The molecule has 1 aliphatic rings. The molecule has 0 heterocycles. The molecule has 1 aromatic rings. The average Bonchev–Trinajstić information content (AvgIpc) is 2.43. The predicted molar refractivity (Wildman–Crippen MR) is 83.8 cm³/mol. The van der Waals surface area contributed by atoms with E-state index < -0.39 is 15.7 Å². The molecule has 1 fully saturated rings. The normalized spacial score (nSPS) is 24.8. The standard InChI is InChI=1S/C15H21ClFNO2S/c1-18-15(11-6-7-13(16)14(17)9-11)10-4-3-5-12(8-10)21(2,19)20/h6-7,9-10,12,15,18H,3-5,8H2,1-2H3. The fraction of sp³-hybridized carbons (Fsp3) is 0.600. The third-order valence-electron chi connectivity index (χ3n) is 4.36. The van der Waals surface area contributed by atoms with Crippen molar-refractivity contribution in [3.8, 4) is 0 Å². The summed E-state index contributed by atoms with van der Waals surface area (Å²) in [6, 6.07) is 4.73. The lowest BCUT2D eigenvalue weighted by molar-refractivity contribution is 0.282. The van der Waals surface area contributed by atoms with Crippen LogP contribution in [0.4, 0.5) is 4.39 Å². The summed E-state index contributed by atoms with van der Waals surface area (Å²) in [5.41, 5.74) is 0.818. The summed E-state index contributed by atoms with van der Waals surface area (Å²) < 4.78 is 37.2. The summed E-state index contributed by atoms with van der Waals surface area (Å²) in [6.07, 6.45) is 4.48. The molecule has 21 heavy (non-hydrogen) atoms. The Morgan fingerprint density at radius 3 is 2.67 bits per heavy atom. The van der Waals surface area contributed by atoms with E-state index in [1.54, 1.807) is 12.1 Å². The van der Waals surface area contributed by atoms with Crippen molar-refractivity contribution in [2.75, 3.05) is 13.3 Å². The van der Waals surface area contributed by atoms with Gasteiger partial charge < -0.3 is 5.32 Å². The molecule has 1 aromatic carbocycles. The van der Waals surface area contributed by atoms with Crippen molar-refractivity contribution in [3.63, 3.8) is 0 Å². The molecule has 1 saturated carbocycles. The summed E-state index contributed by atoms with van der Waals surface area (Å²) in [5, 5.41) is 3.02. The van der Waals surface area contributed by atoms with Crippen LogP contribution in [0.15, 0.2) is 18.2 Å². The Labute approximate surface area is 130 Å². The molecule has 0 radical (unpaired) electrons. The van der Waals surface area contributed by atoms with Gasteiger partial charge in [0, 0.05) is 12.3 Å². The molecule has 3 unspecified atom stereocenters. The Morgan fingerprint density at radius 2 is 2.10 bits per heavy atom. The third kappa shape index (κ3) is 3.96. The fourth-order valence-electron chi connectivity index (χ4n) is 3.25. The highest BCUT2D eigenvalue weighted by molar-refractivity contribution is 7.91. The quantitative estimate of drug-likeness (QED) is 0.919. The van der Waals surface area contributed by atoms with Crippen LogP contribution in [0.2, 0.25) is 5.02 Å². The SMILES string of the molecule is CNC(c1ccc(Cl)c(F)c1)C1CCCC(S(C)(=O)=O)C1. The van der Waals surface area contributed by atoms with Crippen LogP contribution in [0.1, 0.15) is 37.3 Å². The fourth-order valence-corrected chi connectivity index (χ4v) is 4.56. The van der Waals surface area contributed by atoms with Gasteiger partial charge in [0.25, 0.3) is 0 Å². The van der Waals surface area contributed by atoms with E-state index in [4.69, 9.17) is 11.6 Å². The minimum atomic E-state index is -3.02. The number of rotatable bonds is 4. The van der Waals surface area contributed by atoms with Crippen molar-refractivity contribution in [1.82, 2.24) is 5.32 Å². The first kappa shape index (κ1) is 16.7. The second-order valence-corrected chi connectivity index (χ2v) is 8.55.